The van der Waals surface area contributed by atoms with Crippen LogP contribution in [0.2, 0.25) is 5.02 Å². The number of halogens is 1. The summed E-state index contributed by atoms with van der Waals surface area (Å²) in [5, 5.41) is 6.33. The summed E-state index contributed by atoms with van der Waals surface area (Å²) < 4.78 is 0. The molecule has 2 N–H and O–H groups in total. The monoisotopic (exact) mass is 325 g/mol. The topological polar surface area (TPSA) is 61.4 Å². The van der Waals surface area contributed by atoms with E-state index in [9.17, 15) is 9.59 Å². The third-order valence-corrected chi connectivity index (χ3v) is 3.14. The molecule has 2 amide bonds. The summed E-state index contributed by atoms with van der Waals surface area (Å²) in [6.45, 7) is 4.76. The number of amides is 2. The van der Waals surface area contributed by atoms with Crippen LogP contribution in [-0.4, -0.2) is 49.4 Å². The summed E-state index contributed by atoms with van der Waals surface area (Å²) in [7, 11) is 1.75. The summed E-state index contributed by atoms with van der Waals surface area (Å²) in [6.07, 6.45) is 0.726. The third kappa shape index (κ3) is 8.00. The fourth-order valence-corrected chi connectivity index (χ4v) is 2.22. The summed E-state index contributed by atoms with van der Waals surface area (Å²) in [6, 6.07) is 7.67. The first kappa shape index (κ1) is 18.5. The van der Waals surface area contributed by atoms with Gasteiger partial charge in [-0.1, -0.05) is 23.7 Å². The van der Waals surface area contributed by atoms with Crippen molar-refractivity contribution in [3.8, 4) is 0 Å². The molecule has 5 nitrogen and oxygen atoms in total. The van der Waals surface area contributed by atoms with Gasteiger partial charge >= 0.3 is 0 Å². The largest absolute Gasteiger partial charge is 0.355 e. The van der Waals surface area contributed by atoms with Gasteiger partial charge in [-0.3, -0.25) is 14.5 Å². The molecule has 122 valence electrons. The predicted molar refractivity (Wildman–Crippen MR) is 88.9 cm³/mol. The SMILES string of the molecule is CC(C)NC(=O)CN(C)CC(=O)NCCc1cccc(Cl)c1. The van der Waals surface area contributed by atoms with Crippen LogP contribution in [0.5, 0.6) is 0 Å². The third-order valence-electron chi connectivity index (χ3n) is 2.90. The van der Waals surface area contributed by atoms with Crippen molar-refractivity contribution in [1.82, 2.24) is 15.5 Å². The molecule has 1 rings (SSSR count). The van der Waals surface area contributed by atoms with Crippen molar-refractivity contribution < 1.29 is 9.59 Å². The Kier molecular flexibility index (Phi) is 7.91. The minimum Gasteiger partial charge on any atom is -0.355 e. The van der Waals surface area contributed by atoms with Gasteiger partial charge in [0.15, 0.2) is 0 Å². The van der Waals surface area contributed by atoms with Crippen LogP contribution >= 0.6 is 11.6 Å². The number of carbonyl (C=O) groups is 2. The highest BCUT2D eigenvalue weighted by atomic mass is 35.5. The summed E-state index contributed by atoms with van der Waals surface area (Å²) >= 11 is 5.91. The molecule has 0 spiro atoms. The normalized spacial score (nSPS) is 10.8. The fraction of sp³-hybridized carbons (Fsp3) is 0.500. The number of likely N-dealkylation sites (N-methyl/N-ethyl adjacent to an activating group) is 1. The van der Waals surface area contributed by atoms with Crippen LogP contribution < -0.4 is 10.6 Å². The molecule has 0 unspecified atom stereocenters. The Morgan fingerprint density at radius 1 is 1.23 bits per heavy atom. The van der Waals surface area contributed by atoms with Crippen LogP contribution in [0.4, 0.5) is 0 Å². The van der Waals surface area contributed by atoms with E-state index in [0.29, 0.717) is 11.6 Å². The Morgan fingerprint density at radius 3 is 2.55 bits per heavy atom. The quantitative estimate of drug-likeness (QED) is 0.760. The van der Waals surface area contributed by atoms with E-state index < -0.39 is 0 Å². The van der Waals surface area contributed by atoms with Gasteiger partial charge in [-0.2, -0.15) is 0 Å². The Balaban J connectivity index is 2.24. The van der Waals surface area contributed by atoms with Crippen LogP contribution in [0.3, 0.4) is 0 Å². The molecule has 0 bridgehead atoms. The maximum atomic E-state index is 11.8. The van der Waals surface area contributed by atoms with Crippen molar-refractivity contribution in [2.45, 2.75) is 26.3 Å². The van der Waals surface area contributed by atoms with E-state index >= 15 is 0 Å². The molecule has 0 aromatic heterocycles. The molecule has 0 saturated heterocycles. The van der Waals surface area contributed by atoms with E-state index in [1.807, 2.05) is 38.1 Å². The number of hydrogen-bond donors (Lipinski definition) is 2. The molecule has 0 aliphatic heterocycles. The predicted octanol–water partition coefficient (Wildman–Crippen LogP) is 1.46. The molecule has 0 radical (unpaired) electrons. The zero-order valence-electron chi connectivity index (χ0n) is 13.4. The van der Waals surface area contributed by atoms with E-state index in [2.05, 4.69) is 10.6 Å². The molecule has 0 saturated carbocycles. The maximum Gasteiger partial charge on any atom is 0.234 e. The van der Waals surface area contributed by atoms with Crippen molar-refractivity contribution in [2.24, 2.45) is 0 Å². The number of carbonyl (C=O) groups excluding carboxylic acids is 2. The van der Waals surface area contributed by atoms with Crippen molar-refractivity contribution in [1.29, 1.82) is 0 Å². The molecule has 1 aromatic carbocycles. The van der Waals surface area contributed by atoms with Gasteiger partial charge in [0.25, 0.3) is 0 Å². The van der Waals surface area contributed by atoms with Crippen LogP contribution in [0, 0.1) is 0 Å². The second-order valence-corrected chi connectivity index (χ2v) is 6.06. The van der Waals surface area contributed by atoms with Crippen molar-refractivity contribution in [2.75, 3.05) is 26.7 Å². The molecule has 0 atom stereocenters. The highest BCUT2D eigenvalue weighted by Gasteiger charge is 2.11. The minimum absolute atomic E-state index is 0.0794. The molecular formula is C16H24ClN3O2. The first-order valence-electron chi connectivity index (χ1n) is 7.36. The lowest BCUT2D eigenvalue weighted by Gasteiger charge is -2.17. The minimum atomic E-state index is -0.0955. The van der Waals surface area contributed by atoms with Crippen LogP contribution in [-0.2, 0) is 16.0 Å². The number of benzene rings is 1. The van der Waals surface area contributed by atoms with Gasteiger partial charge in [-0.05, 0) is 45.0 Å². The second-order valence-electron chi connectivity index (χ2n) is 5.62. The number of rotatable bonds is 8. The van der Waals surface area contributed by atoms with E-state index in [1.165, 1.54) is 0 Å². The standard InChI is InChI=1S/C16H24ClN3O2/c1-12(2)19-16(22)11-20(3)10-15(21)18-8-7-13-5-4-6-14(17)9-13/h4-6,9,12H,7-8,10-11H2,1-3H3,(H,18,21)(H,19,22). The zero-order valence-corrected chi connectivity index (χ0v) is 14.1. The first-order chi connectivity index (χ1) is 10.4. The van der Waals surface area contributed by atoms with E-state index in [1.54, 1.807) is 11.9 Å². The fourth-order valence-electron chi connectivity index (χ4n) is 2.01. The Bertz CT molecular complexity index is 506. The molecule has 22 heavy (non-hydrogen) atoms. The van der Waals surface area contributed by atoms with Crippen molar-refractivity contribution >= 4 is 23.4 Å². The molecule has 0 aliphatic rings. The Labute approximate surface area is 137 Å². The van der Waals surface area contributed by atoms with E-state index in [4.69, 9.17) is 11.6 Å². The van der Waals surface area contributed by atoms with Gasteiger partial charge in [0.1, 0.15) is 0 Å². The lowest BCUT2D eigenvalue weighted by molar-refractivity contribution is -0.124. The average molecular weight is 326 g/mol. The van der Waals surface area contributed by atoms with Gasteiger partial charge < -0.3 is 10.6 Å². The van der Waals surface area contributed by atoms with Crippen molar-refractivity contribution in [3.05, 3.63) is 34.9 Å². The summed E-state index contributed by atoms with van der Waals surface area (Å²) in [4.78, 5) is 25.1. The number of nitrogens with zero attached hydrogens (tertiary/aromatic N) is 1. The van der Waals surface area contributed by atoms with E-state index in [0.717, 1.165) is 12.0 Å². The Morgan fingerprint density at radius 2 is 1.91 bits per heavy atom. The Hall–Kier alpha value is -1.59. The lowest BCUT2D eigenvalue weighted by atomic mass is 10.1. The molecular weight excluding hydrogens is 302 g/mol. The van der Waals surface area contributed by atoms with Crippen LogP contribution in [0.15, 0.2) is 24.3 Å². The lowest BCUT2D eigenvalue weighted by Crippen LogP contribution is -2.42. The van der Waals surface area contributed by atoms with Crippen LogP contribution in [0.1, 0.15) is 19.4 Å². The highest BCUT2D eigenvalue weighted by Crippen LogP contribution is 2.10. The first-order valence-corrected chi connectivity index (χ1v) is 7.73. The molecule has 0 fully saturated rings. The molecule has 6 heteroatoms. The van der Waals surface area contributed by atoms with Gasteiger partial charge in [0.2, 0.25) is 11.8 Å². The molecule has 1 aromatic rings. The highest BCUT2D eigenvalue weighted by molar-refractivity contribution is 6.30. The number of nitrogens with one attached hydrogen (secondary N) is 2. The van der Waals surface area contributed by atoms with Gasteiger partial charge in [-0.15, -0.1) is 0 Å². The smallest absolute Gasteiger partial charge is 0.234 e. The van der Waals surface area contributed by atoms with Crippen LogP contribution in [0.25, 0.3) is 0 Å². The summed E-state index contributed by atoms with van der Waals surface area (Å²) in [5.41, 5.74) is 1.08. The molecule has 0 heterocycles. The zero-order chi connectivity index (χ0) is 16.5. The average Bonchev–Trinajstić information content (AvgIpc) is 2.37. The van der Waals surface area contributed by atoms with E-state index in [-0.39, 0.29) is 30.9 Å². The van der Waals surface area contributed by atoms with Gasteiger partial charge in [0, 0.05) is 17.6 Å². The van der Waals surface area contributed by atoms with Gasteiger partial charge in [0.05, 0.1) is 13.1 Å². The number of hydrogen-bond acceptors (Lipinski definition) is 3. The summed E-state index contributed by atoms with van der Waals surface area (Å²) in [5.74, 6) is -0.175. The maximum absolute atomic E-state index is 11.8. The van der Waals surface area contributed by atoms with Crippen molar-refractivity contribution in [3.63, 3.8) is 0 Å². The molecule has 0 aliphatic carbocycles. The van der Waals surface area contributed by atoms with Gasteiger partial charge in [-0.25, -0.2) is 0 Å². The second kappa shape index (κ2) is 9.43.